The van der Waals surface area contributed by atoms with Gasteiger partial charge in [0.05, 0.1) is 28.6 Å². The van der Waals surface area contributed by atoms with Crippen LogP contribution in [-0.4, -0.2) is 17.0 Å². The average molecular weight is 382 g/mol. The molecule has 0 saturated heterocycles. The number of aromatic nitrogens is 1. The van der Waals surface area contributed by atoms with Crippen LogP contribution >= 0.6 is 11.6 Å². The average Bonchev–Trinajstić information content (AvgIpc) is 2.65. The van der Waals surface area contributed by atoms with Gasteiger partial charge in [-0.05, 0) is 62.4 Å². The number of carbonyl (C=O) groups is 1. The van der Waals surface area contributed by atoms with Crippen LogP contribution in [0.1, 0.15) is 24.2 Å². The van der Waals surface area contributed by atoms with Crippen LogP contribution in [0.15, 0.2) is 66.9 Å². The predicted molar refractivity (Wildman–Crippen MR) is 109 cm³/mol. The van der Waals surface area contributed by atoms with Crippen LogP contribution in [0.2, 0.25) is 5.02 Å². The van der Waals surface area contributed by atoms with Gasteiger partial charge < -0.3 is 15.4 Å². The zero-order chi connectivity index (χ0) is 19.2. The van der Waals surface area contributed by atoms with Gasteiger partial charge in [-0.2, -0.15) is 0 Å². The monoisotopic (exact) mass is 381 g/mol. The van der Waals surface area contributed by atoms with Gasteiger partial charge in [0.25, 0.3) is 5.91 Å². The molecule has 5 nitrogen and oxygen atoms in total. The Balaban J connectivity index is 1.62. The molecule has 0 radical (unpaired) electrons. The van der Waals surface area contributed by atoms with Crippen LogP contribution in [0, 0.1) is 0 Å². The summed E-state index contributed by atoms with van der Waals surface area (Å²) < 4.78 is 5.62. The molecule has 27 heavy (non-hydrogen) atoms. The number of anilines is 3. The Kier molecular flexibility index (Phi) is 5.94. The summed E-state index contributed by atoms with van der Waals surface area (Å²) in [6, 6.07) is 18.1. The Hall–Kier alpha value is -3.05. The first-order chi connectivity index (χ1) is 13.0. The van der Waals surface area contributed by atoms with Crippen molar-refractivity contribution in [1.29, 1.82) is 0 Å². The van der Waals surface area contributed by atoms with Crippen molar-refractivity contribution in [2.45, 2.75) is 20.0 Å². The largest absolute Gasteiger partial charge is 0.491 e. The van der Waals surface area contributed by atoms with Gasteiger partial charge in [0.2, 0.25) is 0 Å². The van der Waals surface area contributed by atoms with Gasteiger partial charge >= 0.3 is 0 Å². The summed E-state index contributed by atoms with van der Waals surface area (Å²) in [4.78, 5) is 16.6. The quantitative estimate of drug-likeness (QED) is 0.590. The molecule has 1 heterocycles. The van der Waals surface area contributed by atoms with Gasteiger partial charge in [-0.15, -0.1) is 0 Å². The number of amides is 1. The lowest BCUT2D eigenvalue weighted by atomic mass is 10.2. The molecule has 0 fully saturated rings. The molecular formula is C21H20ClN3O2. The van der Waals surface area contributed by atoms with Gasteiger partial charge in [-0.3, -0.25) is 4.79 Å². The standard InChI is InChI=1S/C21H20ClN3O2/c1-14(2)27-17-10-7-15(8-11-17)24-20-12-9-16(13-23-20)25-21(26)18-5-3-4-6-19(18)22/h3-14H,1-2H3,(H,23,24)(H,25,26). The highest BCUT2D eigenvalue weighted by molar-refractivity contribution is 6.34. The minimum atomic E-state index is -0.274. The molecule has 2 N–H and O–H groups in total. The van der Waals surface area contributed by atoms with E-state index in [2.05, 4.69) is 15.6 Å². The predicted octanol–water partition coefficient (Wildman–Crippen LogP) is 5.52. The number of rotatable bonds is 6. The van der Waals surface area contributed by atoms with Crippen LogP contribution in [0.25, 0.3) is 0 Å². The summed E-state index contributed by atoms with van der Waals surface area (Å²) in [6.07, 6.45) is 1.73. The molecule has 0 saturated carbocycles. The van der Waals surface area contributed by atoms with E-state index in [1.54, 1.807) is 42.6 Å². The summed E-state index contributed by atoms with van der Waals surface area (Å²) in [5.74, 6) is 1.22. The zero-order valence-corrected chi connectivity index (χ0v) is 15.8. The summed E-state index contributed by atoms with van der Waals surface area (Å²) in [5.41, 5.74) is 1.91. The van der Waals surface area contributed by atoms with Crippen molar-refractivity contribution < 1.29 is 9.53 Å². The van der Waals surface area contributed by atoms with Crippen molar-refractivity contribution in [3.8, 4) is 5.75 Å². The third-order valence-corrected chi connectivity index (χ3v) is 3.97. The normalized spacial score (nSPS) is 10.5. The highest BCUT2D eigenvalue weighted by Crippen LogP contribution is 2.21. The molecule has 0 aliphatic heterocycles. The van der Waals surface area contributed by atoms with Crippen molar-refractivity contribution in [2.24, 2.45) is 0 Å². The van der Waals surface area contributed by atoms with Gasteiger partial charge in [0, 0.05) is 5.69 Å². The van der Waals surface area contributed by atoms with E-state index in [1.807, 2.05) is 38.1 Å². The lowest BCUT2D eigenvalue weighted by Crippen LogP contribution is -2.12. The number of pyridine rings is 1. The number of nitrogens with zero attached hydrogens (tertiary/aromatic N) is 1. The summed E-state index contributed by atoms with van der Waals surface area (Å²) in [5, 5.41) is 6.40. The highest BCUT2D eigenvalue weighted by Gasteiger charge is 2.10. The minimum Gasteiger partial charge on any atom is -0.491 e. The molecule has 3 aromatic rings. The van der Waals surface area contributed by atoms with Crippen LogP contribution in [0.5, 0.6) is 5.75 Å². The Morgan fingerprint density at radius 3 is 2.33 bits per heavy atom. The van der Waals surface area contributed by atoms with E-state index < -0.39 is 0 Å². The Morgan fingerprint density at radius 2 is 1.70 bits per heavy atom. The van der Waals surface area contributed by atoms with E-state index in [-0.39, 0.29) is 12.0 Å². The molecule has 0 unspecified atom stereocenters. The lowest BCUT2D eigenvalue weighted by molar-refractivity contribution is 0.102. The van der Waals surface area contributed by atoms with Gasteiger partial charge in [-0.25, -0.2) is 4.98 Å². The molecule has 3 rings (SSSR count). The summed E-state index contributed by atoms with van der Waals surface area (Å²) in [7, 11) is 0. The first-order valence-electron chi connectivity index (χ1n) is 8.57. The number of hydrogen-bond acceptors (Lipinski definition) is 4. The van der Waals surface area contributed by atoms with E-state index in [1.165, 1.54) is 0 Å². The Labute approximate surface area is 163 Å². The summed E-state index contributed by atoms with van der Waals surface area (Å²) >= 11 is 6.04. The maximum absolute atomic E-state index is 12.3. The molecule has 0 aliphatic carbocycles. The second-order valence-electron chi connectivity index (χ2n) is 6.18. The lowest BCUT2D eigenvalue weighted by Gasteiger charge is -2.11. The fraction of sp³-hybridized carbons (Fsp3) is 0.143. The van der Waals surface area contributed by atoms with Crippen molar-refractivity contribution in [3.63, 3.8) is 0 Å². The Morgan fingerprint density at radius 1 is 1.00 bits per heavy atom. The highest BCUT2D eigenvalue weighted by atomic mass is 35.5. The topological polar surface area (TPSA) is 63.2 Å². The number of halogens is 1. The molecule has 2 aromatic carbocycles. The number of ether oxygens (including phenoxy) is 1. The molecule has 1 aromatic heterocycles. The maximum Gasteiger partial charge on any atom is 0.257 e. The van der Waals surface area contributed by atoms with E-state index in [0.29, 0.717) is 22.1 Å². The van der Waals surface area contributed by atoms with Crippen LogP contribution in [0.4, 0.5) is 17.2 Å². The smallest absolute Gasteiger partial charge is 0.257 e. The van der Waals surface area contributed by atoms with E-state index >= 15 is 0 Å². The fourth-order valence-electron chi connectivity index (χ4n) is 2.42. The molecule has 1 amide bonds. The first-order valence-corrected chi connectivity index (χ1v) is 8.95. The van der Waals surface area contributed by atoms with Gasteiger partial charge in [-0.1, -0.05) is 23.7 Å². The fourth-order valence-corrected chi connectivity index (χ4v) is 2.64. The molecule has 0 bridgehead atoms. The molecule has 6 heteroatoms. The van der Waals surface area contributed by atoms with Crippen molar-refractivity contribution >= 4 is 34.7 Å². The minimum absolute atomic E-state index is 0.138. The van der Waals surface area contributed by atoms with Crippen molar-refractivity contribution in [1.82, 2.24) is 4.98 Å². The third-order valence-electron chi connectivity index (χ3n) is 3.64. The molecule has 0 atom stereocenters. The molecule has 0 aliphatic rings. The number of benzene rings is 2. The van der Waals surface area contributed by atoms with E-state index in [0.717, 1.165) is 11.4 Å². The first kappa shape index (κ1) is 18.7. The summed E-state index contributed by atoms with van der Waals surface area (Å²) in [6.45, 7) is 3.98. The molecule has 138 valence electrons. The van der Waals surface area contributed by atoms with E-state index in [4.69, 9.17) is 16.3 Å². The van der Waals surface area contributed by atoms with Crippen molar-refractivity contribution in [2.75, 3.05) is 10.6 Å². The second kappa shape index (κ2) is 8.56. The third kappa shape index (κ3) is 5.21. The molecular weight excluding hydrogens is 362 g/mol. The van der Waals surface area contributed by atoms with Crippen molar-refractivity contribution in [3.05, 3.63) is 77.4 Å². The number of nitrogens with one attached hydrogen (secondary N) is 2. The number of hydrogen-bond donors (Lipinski definition) is 2. The number of carbonyl (C=O) groups excluding carboxylic acids is 1. The van der Waals surface area contributed by atoms with Crippen LogP contribution < -0.4 is 15.4 Å². The van der Waals surface area contributed by atoms with Crippen LogP contribution in [0.3, 0.4) is 0 Å². The van der Waals surface area contributed by atoms with Gasteiger partial charge in [0.1, 0.15) is 11.6 Å². The van der Waals surface area contributed by atoms with E-state index in [9.17, 15) is 4.79 Å². The SMILES string of the molecule is CC(C)Oc1ccc(Nc2ccc(NC(=O)c3ccccc3Cl)cn2)cc1. The maximum atomic E-state index is 12.3. The molecule has 0 spiro atoms. The second-order valence-corrected chi connectivity index (χ2v) is 6.59. The Bertz CT molecular complexity index is 909. The van der Waals surface area contributed by atoms with Gasteiger partial charge in [0.15, 0.2) is 0 Å². The zero-order valence-electron chi connectivity index (χ0n) is 15.1. The van der Waals surface area contributed by atoms with Crippen LogP contribution in [-0.2, 0) is 0 Å².